The number of rotatable bonds is 1. The van der Waals surface area contributed by atoms with Gasteiger partial charge in [0, 0.05) is 11.5 Å². The highest BCUT2D eigenvalue weighted by atomic mass is 127. The van der Waals surface area contributed by atoms with Crippen molar-refractivity contribution in [1.29, 1.82) is 0 Å². The molecular weight excluding hydrogens is 339 g/mol. The smallest absolute Gasteiger partial charge is 0.216 e. The summed E-state index contributed by atoms with van der Waals surface area (Å²) in [5.41, 5.74) is 0.438. The normalized spacial score (nSPS) is 31.2. The van der Waals surface area contributed by atoms with Gasteiger partial charge in [-0.25, -0.2) is 0 Å². The van der Waals surface area contributed by atoms with Crippen molar-refractivity contribution in [3.05, 3.63) is 39.5 Å². The van der Waals surface area contributed by atoms with Crippen LogP contribution in [0.1, 0.15) is 31.7 Å². The highest BCUT2D eigenvalue weighted by molar-refractivity contribution is 14.1. The SMILES string of the molecule is C[C@H]1CCC[C@]12OC(c1ccccc1)=C(I)C2=O. The van der Waals surface area contributed by atoms with Crippen molar-refractivity contribution in [1.82, 2.24) is 0 Å². The molecule has 3 heteroatoms. The third kappa shape index (κ3) is 1.63. The van der Waals surface area contributed by atoms with E-state index in [2.05, 4.69) is 29.5 Å². The summed E-state index contributed by atoms with van der Waals surface area (Å²) in [6.45, 7) is 2.13. The summed E-state index contributed by atoms with van der Waals surface area (Å²) in [4.78, 5) is 12.5. The molecule has 0 radical (unpaired) electrons. The van der Waals surface area contributed by atoms with E-state index >= 15 is 0 Å². The molecule has 0 aromatic heterocycles. The molecule has 0 amide bonds. The van der Waals surface area contributed by atoms with Gasteiger partial charge in [0.1, 0.15) is 9.34 Å². The van der Waals surface area contributed by atoms with Gasteiger partial charge in [-0.05, 0) is 41.9 Å². The van der Waals surface area contributed by atoms with Gasteiger partial charge in [0.25, 0.3) is 0 Å². The van der Waals surface area contributed by atoms with E-state index in [0.29, 0.717) is 5.92 Å². The van der Waals surface area contributed by atoms with E-state index in [1.807, 2.05) is 30.3 Å². The largest absolute Gasteiger partial charge is 0.477 e. The van der Waals surface area contributed by atoms with Crippen LogP contribution in [-0.2, 0) is 9.53 Å². The minimum atomic E-state index is -0.568. The third-order valence-corrected chi connectivity index (χ3v) is 5.06. The molecule has 2 atom stereocenters. The Morgan fingerprint density at radius 1 is 1.33 bits per heavy atom. The molecule has 0 bridgehead atoms. The van der Waals surface area contributed by atoms with Crippen molar-refractivity contribution >= 4 is 34.1 Å². The molecular formula is C15H15IO2. The van der Waals surface area contributed by atoms with Gasteiger partial charge in [-0.15, -0.1) is 0 Å². The van der Waals surface area contributed by atoms with Crippen molar-refractivity contribution in [2.24, 2.45) is 5.92 Å². The molecule has 2 aliphatic rings. The van der Waals surface area contributed by atoms with Gasteiger partial charge >= 0.3 is 0 Å². The number of Topliss-reactive ketones (excluding diaryl/α,β-unsaturated/α-hetero) is 1. The van der Waals surface area contributed by atoms with Crippen molar-refractivity contribution < 1.29 is 9.53 Å². The maximum atomic E-state index is 12.5. The number of ketones is 1. The zero-order valence-electron chi connectivity index (χ0n) is 10.3. The number of hydrogen-bond donors (Lipinski definition) is 0. The van der Waals surface area contributed by atoms with Crippen LogP contribution in [0.5, 0.6) is 0 Å². The zero-order valence-corrected chi connectivity index (χ0v) is 12.4. The lowest BCUT2D eigenvalue weighted by molar-refractivity contribution is -0.131. The summed E-state index contributed by atoms with van der Waals surface area (Å²) in [7, 11) is 0. The average Bonchev–Trinajstić information content (AvgIpc) is 2.88. The number of carbonyl (C=O) groups excluding carboxylic acids is 1. The quantitative estimate of drug-likeness (QED) is 0.714. The number of hydrogen-bond acceptors (Lipinski definition) is 2. The van der Waals surface area contributed by atoms with E-state index in [1.54, 1.807) is 0 Å². The van der Waals surface area contributed by atoms with Crippen LogP contribution in [-0.4, -0.2) is 11.4 Å². The van der Waals surface area contributed by atoms with Gasteiger partial charge in [0.2, 0.25) is 5.78 Å². The van der Waals surface area contributed by atoms with E-state index in [4.69, 9.17) is 4.74 Å². The lowest BCUT2D eigenvalue weighted by Gasteiger charge is -2.27. The highest BCUT2D eigenvalue weighted by Crippen LogP contribution is 2.50. The summed E-state index contributed by atoms with van der Waals surface area (Å²) in [5, 5.41) is 0. The van der Waals surface area contributed by atoms with Crippen LogP contribution in [0.25, 0.3) is 5.76 Å². The maximum absolute atomic E-state index is 12.5. The minimum Gasteiger partial charge on any atom is -0.477 e. The maximum Gasteiger partial charge on any atom is 0.216 e. The second kappa shape index (κ2) is 4.37. The molecule has 2 nitrogen and oxygen atoms in total. The topological polar surface area (TPSA) is 26.3 Å². The third-order valence-electron chi connectivity index (χ3n) is 4.08. The molecule has 1 aromatic rings. The van der Waals surface area contributed by atoms with E-state index in [1.165, 1.54) is 0 Å². The van der Waals surface area contributed by atoms with Gasteiger partial charge in [0.15, 0.2) is 5.60 Å². The fraction of sp³-hybridized carbons (Fsp3) is 0.400. The van der Waals surface area contributed by atoms with Gasteiger partial charge in [-0.1, -0.05) is 37.3 Å². The predicted octanol–water partition coefficient (Wildman–Crippen LogP) is 3.95. The van der Waals surface area contributed by atoms with Crippen LogP contribution < -0.4 is 0 Å². The van der Waals surface area contributed by atoms with Crippen LogP contribution >= 0.6 is 22.6 Å². The first-order chi connectivity index (χ1) is 8.65. The first-order valence-electron chi connectivity index (χ1n) is 6.34. The summed E-state index contributed by atoms with van der Waals surface area (Å²) in [6.07, 6.45) is 3.02. The molecule has 0 N–H and O–H groups in total. The lowest BCUT2D eigenvalue weighted by atomic mass is 9.89. The van der Waals surface area contributed by atoms with E-state index in [-0.39, 0.29) is 5.78 Å². The second-order valence-corrected chi connectivity index (χ2v) is 6.20. The summed E-state index contributed by atoms with van der Waals surface area (Å²) in [5.74, 6) is 1.28. The molecule has 1 aromatic carbocycles. The number of halogens is 1. The Labute approximate surface area is 121 Å². The van der Waals surface area contributed by atoms with Crippen molar-refractivity contribution in [2.45, 2.75) is 31.8 Å². The molecule has 1 heterocycles. The zero-order chi connectivity index (χ0) is 12.8. The van der Waals surface area contributed by atoms with Crippen LogP contribution in [0.4, 0.5) is 0 Å². The van der Waals surface area contributed by atoms with Crippen LogP contribution in [0, 0.1) is 5.92 Å². The molecule has 1 saturated carbocycles. The Kier molecular flexibility index (Phi) is 2.96. The van der Waals surface area contributed by atoms with E-state index < -0.39 is 5.60 Å². The Morgan fingerprint density at radius 3 is 2.67 bits per heavy atom. The van der Waals surface area contributed by atoms with Crippen LogP contribution in [0.2, 0.25) is 0 Å². The fourth-order valence-corrected chi connectivity index (χ4v) is 3.85. The fourth-order valence-electron chi connectivity index (χ4n) is 2.98. The molecule has 94 valence electrons. The van der Waals surface area contributed by atoms with Crippen LogP contribution in [0.3, 0.4) is 0 Å². The van der Waals surface area contributed by atoms with Crippen LogP contribution in [0.15, 0.2) is 33.9 Å². The number of benzene rings is 1. The molecule has 1 spiro atoms. The number of carbonyl (C=O) groups is 1. The summed E-state index contributed by atoms with van der Waals surface area (Å²) < 4.78 is 6.91. The molecule has 18 heavy (non-hydrogen) atoms. The second-order valence-electron chi connectivity index (χ2n) is 5.12. The van der Waals surface area contributed by atoms with Gasteiger partial charge in [-0.2, -0.15) is 0 Å². The highest BCUT2D eigenvalue weighted by Gasteiger charge is 2.54. The predicted molar refractivity (Wildman–Crippen MR) is 79.2 cm³/mol. The van der Waals surface area contributed by atoms with Gasteiger partial charge < -0.3 is 4.74 Å². The molecule has 0 saturated heterocycles. The van der Waals surface area contributed by atoms with E-state index in [0.717, 1.165) is 34.2 Å². The minimum absolute atomic E-state index is 0.187. The van der Waals surface area contributed by atoms with Crippen molar-refractivity contribution in [3.63, 3.8) is 0 Å². The average molecular weight is 354 g/mol. The lowest BCUT2D eigenvalue weighted by Crippen LogP contribution is -2.39. The Morgan fingerprint density at radius 2 is 2.06 bits per heavy atom. The molecule has 0 unspecified atom stereocenters. The van der Waals surface area contributed by atoms with Crippen molar-refractivity contribution in [3.8, 4) is 0 Å². The summed E-state index contributed by atoms with van der Waals surface area (Å²) in [6, 6.07) is 9.92. The monoisotopic (exact) mass is 354 g/mol. The summed E-state index contributed by atoms with van der Waals surface area (Å²) >= 11 is 2.14. The molecule has 1 aliphatic heterocycles. The standard InChI is InChI=1S/C15H15IO2/c1-10-6-5-9-15(10)14(17)12(16)13(18-15)11-7-3-2-4-8-11/h2-4,7-8,10H,5-6,9H2,1H3/t10-,15-/m0/s1. The Bertz CT molecular complexity index is 521. The Balaban J connectivity index is 2.01. The van der Waals surface area contributed by atoms with Gasteiger partial charge in [0.05, 0.1) is 0 Å². The molecule has 1 aliphatic carbocycles. The van der Waals surface area contributed by atoms with E-state index in [9.17, 15) is 4.79 Å². The van der Waals surface area contributed by atoms with Crippen molar-refractivity contribution in [2.75, 3.05) is 0 Å². The van der Waals surface area contributed by atoms with Gasteiger partial charge in [-0.3, -0.25) is 4.79 Å². The Hall–Kier alpha value is -0.840. The molecule has 1 fully saturated rings. The number of ether oxygens (including phenoxy) is 1. The first kappa shape index (κ1) is 12.2. The first-order valence-corrected chi connectivity index (χ1v) is 7.42. The molecule has 3 rings (SSSR count).